The highest BCUT2D eigenvalue weighted by Crippen LogP contribution is 2.18. The van der Waals surface area contributed by atoms with Crippen LogP contribution >= 0.6 is 12.4 Å². The maximum absolute atomic E-state index is 12.1. The standard InChI is InChI=1S/C13H22N4O.ClH/c1-13(6-3-4-7-15-13)12(18)14-8-5-11-9-16-17(2)10-11;/h9-10,15H,3-8H2,1-2H3,(H,14,18);1H. The van der Waals surface area contributed by atoms with Crippen LogP contribution in [0.3, 0.4) is 0 Å². The van der Waals surface area contributed by atoms with Crippen molar-refractivity contribution in [1.29, 1.82) is 0 Å². The van der Waals surface area contributed by atoms with Crippen molar-refractivity contribution in [3.8, 4) is 0 Å². The Hall–Kier alpha value is -1.07. The number of nitrogens with one attached hydrogen (secondary N) is 2. The molecule has 0 aromatic carbocycles. The van der Waals surface area contributed by atoms with Crippen molar-refractivity contribution in [2.45, 2.75) is 38.1 Å². The van der Waals surface area contributed by atoms with Crippen LogP contribution in [0.4, 0.5) is 0 Å². The molecule has 0 spiro atoms. The van der Waals surface area contributed by atoms with E-state index in [1.807, 2.05) is 26.4 Å². The van der Waals surface area contributed by atoms with Gasteiger partial charge in [-0.1, -0.05) is 0 Å². The van der Waals surface area contributed by atoms with Gasteiger partial charge in [-0.05, 0) is 44.7 Å². The van der Waals surface area contributed by atoms with Crippen molar-refractivity contribution < 1.29 is 4.79 Å². The molecule has 1 aromatic rings. The van der Waals surface area contributed by atoms with Crippen molar-refractivity contribution in [1.82, 2.24) is 20.4 Å². The maximum Gasteiger partial charge on any atom is 0.240 e. The lowest BCUT2D eigenvalue weighted by Crippen LogP contribution is -2.57. The third kappa shape index (κ3) is 4.21. The quantitative estimate of drug-likeness (QED) is 0.869. The van der Waals surface area contributed by atoms with Gasteiger partial charge in [0.25, 0.3) is 0 Å². The number of piperidine rings is 1. The number of aryl methyl sites for hydroxylation is 1. The van der Waals surface area contributed by atoms with E-state index in [9.17, 15) is 4.79 Å². The predicted octanol–water partition coefficient (Wildman–Crippen LogP) is 1.03. The van der Waals surface area contributed by atoms with Crippen LogP contribution in [-0.2, 0) is 18.3 Å². The van der Waals surface area contributed by atoms with Gasteiger partial charge in [0.1, 0.15) is 0 Å². The first-order chi connectivity index (χ1) is 8.60. The third-order valence-electron chi connectivity index (χ3n) is 3.58. The molecule has 19 heavy (non-hydrogen) atoms. The fourth-order valence-electron chi connectivity index (χ4n) is 2.37. The summed E-state index contributed by atoms with van der Waals surface area (Å²) >= 11 is 0. The van der Waals surface area contributed by atoms with E-state index < -0.39 is 0 Å². The number of rotatable bonds is 4. The van der Waals surface area contributed by atoms with Crippen LogP contribution in [0.1, 0.15) is 31.7 Å². The summed E-state index contributed by atoms with van der Waals surface area (Å²) in [6, 6.07) is 0. The Morgan fingerprint density at radius 2 is 2.37 bits per heavy atom. The van der Waals surface area contributed by atoms with Gasteiger partial charge >= 0.3 is 0 Å². The zero-order valence-electron chi connectivity index (χ0n) is 11.6. The molecule has 1 unspecified atom stereocenters. The summed E-state index contributed by atoms with van der Waals surface area (Å²) < 4.78 is 1.78. The van der Waals surface area contributed by atoms with Crippen molar-refractivity contribution in [3.05, 3.63) is 18.0 Å². The van der Waals surface area contributed by atoms with Gasteiger partial charge in [-0.15, -0.1) is 12.4 Å². The van der Waals surface area contributed by atoms with Crippen LogP contribution in [0, 0.1) is 0 Å². The van der Waals surface area contributed by atoms with E-state index in [0.717, 1.165) is 31.4 Å². The number of halogens is 1. The van der Waals surface area contributed by atoms with E-state index in [4.69, 9.17) is 0 Å². The molecule has 0 radical (unpaired) electrons. The second kappa shape index (κ2) is 6.91. The van der Waals surface area contributed by atoms with Crippen LogP contribution in [0.2, 0.25) is 0 Å². The first-order valence-electron chi connectivity index (χ1n) is 6.61. The molecule has 1 amide bonds. The topological polar surface area (TPSA) is 59.0 Å². The van der Waals surface area contributed by atoms with E-state index in [-0.39, 0.29) is 23.9 Å². The Balaban J connectivity index is 0.00000180. The molecule has 0 saturated carbocycles. The summed E-state index contributed by atoms with van der Waals surface area (Å²) in [6.45, 7) is 3.60. The molecule has 1 fully saturated rings. The average molecular weight is 287 g/mol. The van der Waals surface area contributed by atoms with Crippen LogP contribution in [0.25, 0.3) is 0 Å². The largest absolute Gasteiger partial charge is 0.354 e. The number of hydrogen-bond donors (Lipinski definition) is 2. The lowest BCUT2D eigenvalue weighted by molar-refractivity contribution is -0.127. The molecule has 1 aliphatic heterocycles. The molecule has 0 aliphatic carbocycles. The summed E-state index contributed by atoms with van der Waals surface area (Å²) in [5.41, 5.74) is 0.771. The SMILES string of the molecule is Cl.Cn1cc(CCNC(=O)C2(C)CCCCN2)cn1. The molecule has 2 heterocycles. The number of nitrogens with zero attached hydrogens (tertiary/aromatic N) is 2. The molecule has 6 heteroatoms. The minimum absolute atomic E-state index is 0. The van der Waals surface area contributed by atoms with Gasteiger partial charge in [0, 0.05) is 19.8 Å². The number of hydrogen-bond acceptors (Lipinski definition) is 3. The van der Waals surface area contributed by atoms with E-state index in [0.29, 0.717) is 6.54 Å². The summed E-state index contributed by atoms with van der Waals surface area (Å²) in [5.74, 6) is 0.117. The number of aromatic nitrogens is 2. The monoisotopic (exact) mass is 286 g/mol. The molecule has 5 nitrogen and oxygen atoms in total. The molecule has 108 valence electrons. The number of amides is 1. The van der Waals surface area contributed by atoms with E-state index >= 15 is 0 Å². The van der Waals surface area contributed by atoms with Crippen molar-refractivity contribution in [2.75, 3.05) is 13.1 Å². The fraction of sp³-hybridized carbons (Fsp3) is 0.692. The third-order valence-corrected chi connectivity index (χ3v) is 3.58. The lowest BCUT2D eigenvalue weighted by Gasteiger charge is -2.33. The van der Waals surface area contributed by atoms with E-state index in [1.165, 1.54) is 6.42 Å². The smallest absolute Gasteiger partial charge is 0.240 e. The van der Waals surface area contributed by atoms with Gasteiger partial charge in [0.15, 0.2) is 0 Å². The van der Waals surface area contributed by atoms with Crippen LogP contribution in [-0.4, -0.2) is 34.3 Å². The maximum atomic E-state index is 12.1. The zero-order chi connectivity index (χ0) is 13.0. The normalized spacial score (nSPS) is 22.6. The van der Waals surface area contributed by atoms with E-state index in [2.05, 4.69) is 15.7 Å². The van der Waals surface area contributed by atoms with Gasteiger partial charge < -0.3 is 10.6 Å². The Morgan fingerprint density at radius 1 is 1.58 bits per heavy atom. The molecular weight excluding hydrogens is 264 g/mol. The zero-order valence-corrected chi connectivity index (χ0v) is 12.4. The lowest BCUT2D eigenvalue weighted by atomic mass is 9.90. The molecule has 1 saturated heterocycles. The highest BCUT2D eigenvalue weighted by Gasteiger charge is 2.33. The fourth-order valence-corrected chi connectivity index (χ4v) is 2.37. The second-order valence-electron chi connectivity index (χ2n) is 5.24. The molecule has 1 aliphatic rings. The second-order valence-corrected chi connectivity index (χ2v) is 5.24. The highest BCUT2D eigenvalue weighted by atomic mass is 35.5. The Morgan fingerprint density at radius 3 is 2.95 bits per heavy atom. The minimum Gasteiger partial charge on any atom is -0.354 e. The first-order valence-corrected chi connectivity index (χ1v) is 6.61. The number of carbonyl (C=O) groups is 1. The first kappa shape index (κ1) is 16.0. The van der Waals surface area contributed by atoms with Crippen LogP contribution in [0.15, 0.2) is 12.4 Å². The van der Waals surface area contributed by atoms with Gasteiger partial charge in [-0.2, -0.15) is 5.10 Å². The Labute approximate surface area is 120 Å². The Kier molecular flexibility index (Phi) is 5.82. The van der Waals surface area contributed by atoms with Gasteiger partial charge in [-0.25, -0.2) is 0 Å². The average Bonchev–Trinajstić information content (AvgIpc) is 2.76. The Bertz CT molecular complexity index is 413. The molecule has 1 aromatic heterocycles. The van der Waals surface area contributed by atoms with E-state index in [1.54, 1.807) is 4.68 Å². The summed E-state index contributed by atoms with van der Waals surface area (Å²) in [6.07, 6.45) is 7.86. The van der Waals surface area contributed by atoms with Crippen LogP contribution in [0.5, 0.6) is 0 Å². The minimum atomic E-state index is -0.382. The van der Waals surface area contributed by atoms with Gasteiger partial charge in [-0.3, -0.25) is 9.48 Å². The predicted molar refractivity (Wildman–Crippen MR) is 77.4 cm³/mol. The highest BCUT2D eigenvalue weighted by molar-refractivity contribution is 5.86. The summed E-state index contributed by atoms with van der Waals surface area (Å²) in [7, 11) is 1.90. The summed E-state index contributed by atoms with van der Waals surface area (Å²) in [4.78, 5) is 12.1. The van der Waals surface area contributed by atoms with Crippen molar-refractivity contribution in [3.63, 3.8) is 0 Å². The molecule has 0 bridgehead atoms. The molecule has 2 rings (SSSR count). The molecule has 1 atom stereocenters. The van der Waals surface area contributed by atoms with Gasteiger partial charge in [0.05, 0.1) is 11.7 Å². The van der Waals surface area contributed by atoms with Crippen molar-refractivity contribution in [2.24, 2.45) is 7.05 Å². The van der Waals surface area contributed by atoms with Gasteiger partial charge in [0.2, 0.25) is 5.91 Å². The number of carbonyl (C=O) groups excluding carboxylic acids is 1. The molecule has 2 N–H and O–H groups in total. The van der Waals surface area contributed by atoms with Crippen molar-refractivity contribution >= 4 is 18.3 Å². The summed E-state index contributed by atoms with van der Waals surface area (Å²) in [5, 5.41) is 10.4. The van der Waals surface area contributed by atoms with Crippen LogP contribution < -0.4 is 10.6 Å². The molecular formula is C13H23ClN4O.